The molecule has 45 heteroatoms. The van der Waals surface area contributed by atoms with Crippen molar-refractivity contribution in [1.82, 2.24) is 58.1 Å². The number of ketones is 1. The van der Waals surface area contributed by atoms with Crippen molar-refractivity contribution < 1.29 is 113 Å². The first-order valence-electron chi connectivity index (χ1n) is 40.7. The Morgan fingerprint density at radius 3 is 0.986 bits per heavy atom. The van der Waals surface area contributed by atoms with Crippen LogP contribution in [-0.4, -0.2) is 146 Å². The predicted octanol–water partition coefficient (Wildman–Crippen LogP) is 16.4. The number of carbonyl (C=O) groups is 1. The van der Waals surface area contributed by atoms with E-state index in [-0.39, 0.29) is 201 Å². The SMILES string of the molecule is C.C=CC(=O)Cc1cccc(C)c1Nc1ncc2cc(-c3c(Cl)c(OC)cc(OC)c3Cl)c(=O)n(C)c2n1.CC(C)(C)[O-].COc1cc(OC)c(Cl)c(-c2cc3cnc(Nc4c(C)cccc4N)nc3n(C)c2=O)c1Cl.COc1cc(OC)c(Cl)c(-c2cc3cnc(Nc4c(C)cccc4[N+](=O)[O-])nc3n(C)c2=O)c1Cl.COc1cc(OC)c(Cl)c(-c2cc3cnc(S(C)(=O)=O)nc3n(C)c2=O)c1Cl.[K+]. The molecule has 0 aliphatic rings. The standard InChI is InChI=1S/C27H24Cl2N4O4.C23H19Cl2N5O5.C23H21Cl2N5O3.C17H15Cl2N3O5S.C4H9O.CH4.K/c1-6-17(34)10-15-9-7-8-14(2)24(15)31-27-30-13-16-11-18(26(35)33(3)25(16)32-27)21-22(28)19(36-4)12-20(37-5)23(21)29;1-11-6-5-7-14(30(32)33)20(11)27-23-26-10-12-8-13(22(31)29(2)21(12)28-23)17-18(24)15(34-3)9-16(35-4)19(17)25;1-11-6-5-7-14(26)20(11)28-23-27-10-12-8-13(22(31)30(2)21(12)29-23)17-18(24)15(32-3)9-16(33-4)19(17)25;1-22-15-8(7-20-17(21-15)28(4,24)25)5-9(16(22)23)12-13(18)10(26-2)6-11(27-3)14(12)19;1-4(2,3)5;;/h6-9,11-13H,1,10H2,2-5H3,(H,30,31,32);5-10H,1-4H3,(H,26,27,28);5-10H,26H2,1-4H3,(H,27,28,29);5-7H,1-4H3;1-3H3;1H4;/q;;;;-1;;+1. The fourth-order valence-electron chi connectivity index (χ4n) is 14.0. The van der Waals surface area contributed by atoms with Crippen molar-refractivity contribution in [3.63, 3.8) is 0 Å². The Balaban J connectivity index is 0.000000205. The van der Waals surface area contributed by atoms with Crippen molar-refractivity contribution in [1.29, 1.82) is 0 Å². The van der Waals surface area contributed by atoms with Crippen LogP contribution in [0.4, 0.5) is 46.3 Å². The van der Waals surface area contributed by atoms with E-state index in [1.165, 1.54) is 125 Å². The molecule has 7 aromatic carbocycles. The maximum Gasteiger partial charge on any atom is 1.00 e. The Kier molecular flexibility index (Phi) is 37.5. The summed E-state index contributed by atoms with van der Waals surface area (Å²) in [7, 11) is 14.2. The molecule has 35 nitrogen and oxygen atoms in total. The maximum absolute atomic E-state index is 13.5. The number of methoxy groups -OCH3 is 8. The number of rotatable bonds is 23. The average Bonchev–Trinajstić information content (AvgIpc) is 0.761. The molecule has 0 radical (unpaired) electrons. The summed E-state index contributed by atoms with van der Waals surface area (Å²) in [6, 6.07) is 28.5. The number of nitrogens with zero attached hydrogens (tertiary/aromatic N) is 13. The Hall–Kier alpha value is -12.0. The van der Waals surface area contributed by atoms with Crippen molar-refractivity contribution in [2.45, 2.75) is 66.1 Å². The van der Waals surface area contributed by atoms with Crippen LogP contribution in [0.2, 0.25) is 40.2 Å². The summed E-state index contributed by atoms with van der Waals surface area (Å²) in [6.45, 7) is 14.0. The molecule has 5 N–H and O–H groups in total. The second-order valence-electron chi connectivity index (χ2n) is 31.2. The van der Waals surface area contributed by atoms with Gasteiger partial charge in [0.15, 0.2) is 5.78 Å². The summed E-state index contributed by atoms with van der Waals surface area (Å²) in [5.74, 6) is 3.03. The van der Waals surface area contributed by atoms with Gasteiger partial charge in [0.25, 0.3) is 27.9 Å². The minimum absolute atomic E-state index is 0. The molecule has 0 fully saturated rings. The zero-order chi connectivity index (χ0) is 101. The molecule has 0 aliphatic carbocycles. The minimum Gasteiger partial charge on any atom is -0.850 e. The maximum atomic E-state index is 13.5. The van der Waals surface area contributed by atoms with E-state index in [9.17, 15) is 47.6 Å². The number of aromatic nitrogens is 12. The fourth-order valence-corrected chi connectivity index (χ4v) is 17.3. The number of nitro groups is 1. The van der Waals surface area contributed by atoms with Crippen molar-refractivity contribution >= 4 is 199 Å². The van der Waals surface area contributed by atoms with E-state index in [0.717, 1.165) is 28.6 Å². The van der Waals surface area contributed by atoms with Gasteiger partial charge >= 0.3 is 51.4 Å². The van der Waals surface area contributed by atoms with Gasteiger partial charge in [0.2, 0.25) is 32.8 Å². The number of anilines is 7. The first kappa shape index (κ1) is 112. The molecular formula is C95H92Cl8KN17O18S. The third kappa shape index (κ3) is 24.1. The van der Waals surface area contributed by atoms with Gasteiger partial charge in [-0.2, -0.15) is 19.9 Å². The van der Waals surface area contributed by atoms with Gasteiger partial charge in [-0.05, 0) is 79.4 Å². The van der Waals surface area contributed by atoms with Crippen LogP contribution in [0, 0.1) is 30.9 Å². The Bertz CT molecular complexity index is 7670. The number of fused-ring (bicyclic) bond motifs is 4. The Morgan fingerprint density at radius 1 is 0.450 bits per heavy atom. The third-order valence-corrected chi connectivity index (χ3v) is 24.8. The van der Waals surface area contributed by atoms with E-state index >= 15 is 0 Å². The van der Waals surface area contributed by atoms with E-state index in [1.807, 2.05) is 44.2 Å². The van der Waals surface area contributed by atoms with E-state index in [1.54, 1.807) is 110 Å². The molecular weight excluding hydrogens is 2020 g/mol. The summed E-state index contributed by atoms with van der Waals surface area (Å²) in [4.78, 5) is 111. The second kappa shape index (κ2) is 47.0. The van der Waals surface area contributed by atoms with Gasteiger partial charge in [0.05, 0.1) is 136 Å². The van der Waals surface area contributed by atoms with Gasteiger partial charge in [-0.3, -0.25) is 52.4 Å². The van der Waals surface area contributed by atoms with E-state index < -0.39 is 31.5 Å². The van der Waals surface area contributed by atoms with Crippen LogP contribution < -0.4 is 138 Å². The topological polar surface area (TPSA) is 444 Å². The van der Waals surface area contributed by atoms with Crippen molar-refractivity contribution in [3.05, 3.63) is 255 Å². The van der Waals surface area contributed by atoms with Gasteiger partial charge < -0.3 is 64.7 Å². The number of sulfone groups is 1. The number of nitrogens with one attached hydrogen (secondary N) is 3. The molecule has 0 spiro atoms. The van der Waals surface area contributed by atoms with Crippen LogP contribution in [-0.2, 0) is 49.2 Å². The molecule has 8 aromatic heterocycles. The number of nitro benzene ring substituents is 1. The van der Waals surface area contributed by atoms with Crippen LogP contribution in [0.25, 0.3) is 88.6 Å². The van der Waals surface area contributed by atoms with Crippen molar-refractivity contribution in [2.24, 2.45) is 28.2 Å². The molecule has 140 heavy (non-hydrogen) atoms. The number of nitrogen functional groups attached to an aromatic ring is 1. The molecule has 0 unspecified atom stereocenters. The van der Waals surface area contributed by atoms with E-state index in [2.05, 4.69) is 62.4 Å². The Morgan fingerprint density at radius 2 is 0.707 bits per heavy atom. The molecule has 15 rings (SSSR count). The summed E-state index contributed by atoms with van der Waals surface area (Å²) >= 11 is 52.0. The van der Waals surface area contributed by atoms with Crippen LogP contribution in [0.5, 0.6) is 46.0 Å². The van der Waals surface area contributed by atoms with Crippen LogP contribution >= 0.6 is 92.8 Å². The first-order chi connectivity index (χ1) is 65.2. The third-order valence-electron chi connectivity index (χ3n) is 20.9. The molecule has 0 bridgehead atoms. The van der Waals surface area contributed by atoms with Crippen LogP contribution in [0.3, 0.4) is 0 Å². The monoisotopic (exact) mass is 2110 g/mol. The average molecular weight is 2110 g/mol. The van der Waals surface area contributed by atoms with E-state index in [0.29, 0.717) is 107 Å². The number of hydrogen-bond acceptors (Lipinski definition) is 30. The summed E-state index contributed by atoms with van der Waals surface area (Å²) < 4.78 is 71.2. The smallest absolute Gasteiger partial charge is 0.850 e. The number of hydrogen-bond donors (Lipinski definition) is 4. The number of nitrogens with two attached hydrogens (primary N) is 1. The van der Waals surface area contributed by atoms with Gasteiger partial charge in [-0.25, -0.2) is 28.4 Å². The molecule has 0 atom stereocenters. The van der Waals surface area contributed by atoms with Gasteiger partial charge in [-0.15, -0.1) is 5.60 Å². The fraction of sp³-hybridized carbons (Fsp3) is 0.232. The van der Waals surface area contributed by atoms with Crippen LogP contribution in [0.1, 0.15) is 50.5 Å². The molecule has 0 saturated carbocycles. The predicted molar refractivity (Wildman–Crippen MR) is 546 cm³/mol. The minimum atomic E-state index is -3.63. The zero-order valence-electron chi connectivity index (χ0n) is 78.3. The summed E-state index contributed by atoms with van der Waals surface area (Å²) in [5.41, 5.74) is 12.4. The number of carbonyl (C=O) groups excluding carboxylic acids is 1. The second-order valence-corrected chi connectivity index (χ2v) is 36.1. The number of pyridine rings is 4. The van der Waals surface area contributed by atoms with Gasteiger partial charge in [0, 0.05) is 145 Å². The zero-order valence-corrected chi connectivity index (χ0v) is 88.3. The molecule has 0 aliphatic heterocycles. The quantitative estimate of drug-likeness (QED) is 0.0115. The van der Waals surface area contributed by atoms with Gasteiger partial charge in [0.1, 0.15) is 74.3 Å². The molecule has 0 amide bonds. The number of ether oxygens (including phenoxy) is 8. The number of benzene rings is 7. The molecule has 8 heterocycles. The normalized spacial score (nSPS) is 10.9. The molecule has 728 valence electrons. The van der Waals surface area contributed by atoms with Crippen LogP contribution in [0.15, 0.2) is 165 Å². The number of para-hydroxylation sites is 3. The first-order valence-corrected chi connectivity index (χ1v) is 45.6. The number of aryl methyl sites for hydroxylation is 7. The largest absolute Gasteiger partial charge is 1.00 e. The van der Waals surface area contributed by atoms with E-state index in [4.69, 9.17) is 136 Å². The number of allylic oxidation sites excluding steroid dienone is 1. The molecule has 0 saturated heterocycles. The van der Waals surface area contributed by atoms with Crippen molar-refractivity contribution in [2.75, 3.05) is 84.8 Å². The summed E-state index contributed by atoms with van der Waals surface area (Å²) in [5, 5.41) is 33.9. The molecule has 15 aromatic rings. The number of halogens is 8. The Labute approximate surface area is 885 Å². The summed E-state index contributed by atoms with van der Waals surface area (Å²) in [6.07, 6.45) is 8.50. The van der Waals surface area contributed by atoms with Crippen molar-refractivity contribution in [3.8, 4) is 90.5 Å². The van der Waals surface area contributed by atoms with Gasteiger partial charge in [-0.1, -0.05) is 170 Å².